The van der Waals surface area contributed by atoms with E-state index in [0.717, 1.165) is 19.3 Å². The third-order valence-corrected chi connectivity index (χ3v) is 4.84. The predicted octanol–water partition coefficient (Wildman–Crippen LogP) is 5.60. The molecule has 0 fully saturated rings. The van der Waals surface area contributed by atoms with Crippen LogP contribution in [0, 0.1) is 0 Å². The number of halogens is 2. The maximum Gasteiger partial charge on any atom is 0.326 e. The molecule has 0 aromatic carbocycles. The van der Waals surface area contributed by atoms with Gasteiger partial charge in [0.25, 0.3) is 0 Å². The SMILES string of the molecule is CCCCCCCCCC(Cl)C(Cl)(CCC)C(=O)O. The number of carboxylic acid groups (broad SMARTS) is 1. The van der Waals surface area contributed by atoms with Crippen molar-refractivity contribution >= 4 is 29.2 Å². The lowest BCUT2D eigenvalue weighted by Crippen LogP contribution is -2.41. The van der Waals surface area contributed by atoms with Crippen molar-refractivity contribution < 1.29 is 9.90 Å². The number of hydrogen-bond donors (Lipinski definition) is 1. The monoisotopic (exact) mass is 310 g/mol. The smallest absolute Gasteiger partial charge is 0.326 e. The van der Waals surface area contributed by atoms with Gasteiger partial charge in [-0.1, -0.05) is 65.2 Å². The molecule has 0 saturated heterocycles. The summed E-state index contributed by atoms with van der Waals surface area (Å²) in [5.74, 6) is -0.987. The van der Waals surface area contributed by atoms with Gasteiger partial charge in [0.05, 0.1) is 5.38 Å². The van der Waals surface area contributed by atoms with Crippen LogP contribution in [0.4, 0.5) is 0 Å². The van der Waals surface area contributed by atoms with Crippen LogP contribution in [0.25, 0.3) is 0 Å². The molecule has 0 aliphatic rings. The third-order valence-electron chi connectivity index (χ3n) is 3.53. The largest absolute Gasteiger partial charge is 0.480 e. The fourth-order valence-corrected chi connectivity index (χ4v) is 2.93. The number of alkyl halides is 2. The van der Waals surface area contributed by atoms with E-state index < -0.39 is 16.2 Å². The number of carbonyl (C=O) groups is 1. The lowest BCUT2D eigenvalue weighted by molar-refractivity contribution is -0.140. The van der Waals surface area contributed by atoms with Gasteiger partial charge in [-0.3, -0.25) is 4.79 Å². The zero-order chi connectivity index (χ0) is 14.7. The molecule has 0 heterocycles. The van der Waals surface area contributed by atoms with E-state index in [2.05, 4.69) is 6.92 Å². The van der Waals surface area contributed by atoms with Gasteiger partial charge in [-0.15, -0.1) is 23.2 Å². The maximum absolute atomic E-state index is 11.2. The summed E-state index contributed by atoms with van der Waals surface area (Å²) in [6.07, 6.45) is 10.3. The van der Waals surface area contributed by atoms with E-state index in [-0.39, 0.29) is 0 Å². The summed E-state index contributed by atoms with van der Waals surface area (Å²) in [5, 5.41) is 8.73. The molecular weight excluding hydrogens is 283 g/mol. The highest BCUT2D eigenvalue weighted by Gasteiger charge is 2.42. The Morgan fingerprint density at radius 3 is 2.05 bits per heavy atom. The van der Waals surface area contributed by atoms with Crippen LogP contribution < -0.4 is 0 Å². The first-order valence-electron chi connectivity index (χ1n) is 7.55. The topological polar surface area (TPSA) is 37.3 Å². The van der Waals surface area contributed by atoms with Gasteiger partial charge >= 0.3 is 5.97 Å². The summed E-state index contributed by atoms with van der Waals surface area (Å²) in [6.45, 7) is 4.13. The van der Waals surface area contributed by atoms with Crippen molar-refractivity contribution in [3.8, 4) is 0 Å². The fourth-order valence-electron chi connectivity index (χ4n) is 2.27. The molecule has 2 nitrogen and oxygen atoms in total. The minimum atomic E-state index is -1.29. The molecule has 0 aliphatic carbocycles. The Labute approximate surface area is 127 Å². The van der Waals surface area contributed by atoms with Gasteiger partial charge in [0, 0.05) is 0 Å². The minimum absolute atomic E-state index is 0.425. The Morgan fingerprint density at radius 1 is 1.05 bits per heavy atom. The van der Waals surface area contributed by atoms with Gasteiger partial charge in [-0.05, 0) is 12.8 Å². The van der Waals surface area contributed by atoms with E-state index in [4.69, 9.17) is 23.2 Å². The summed E-state index contributed by atoms with van der Waals surface area (Å²) < 4.78 is 0. The number of aliphatic carboxylic acids is 1. The quantitative estimate of drug-likeness (QED) is 0.376. The molecule has 114 valence electrons. The van der Waals surface area contributed by atoms with Crippen LogP contribution in [0.5, 0.6) is 0 Å². The Balaban J connectivity index is 3.88. The van der Waals surface area contributed by atoms with E-state index in [0.29, 0.717) is 12.8 Å². The molecule has 0 bridgehead atoms. The number of carboxylic acids is 1. The zero-order valence-electron chi connectivity index (χ0n) is 12.3. The first-order chi connectivity index (χ1) is 8.99. The molecule has 0 rings (SSSR count). The van der Waals surface area contributed by atoms with Crippen molar-refractivity contribution in [1.29, 1.82) is 0 Å². The highest BCUT2D eigenvalue weighted by molar-refractivity contribution is 6.40. The van der Waals surface area contributed by atoms with Gasteiger partial charge in [-0.2, -0.15) is 0 Å². The van der Waals surface area contributed by atoms with Crippen molar-refractivity contribution in [2.75, 3.05) is 0 Å². The van der Waals surface area contributed by atoms with Crippen LogP contribution in [0.1, 0.15) is 78.1 Å². The van der Waals surface area contributed by atoms with E-state index in [1.807, 2.05) is 6.92 Å². The molecule has 19 heavy (non-hydrogen) atoms. The minimum Gasteiger partial charge on any atom is -0.480 e. The normalized spacial score (nSPS) is 16.0. The average molecular weight is 311 g/mol. The standard InChI is InChI=1S/C15H28Cl2O2/c1-3-5-6-7-8-9-10-11-13(16)15(17,12-4-2)14(18)19/h13H,3-12H2,1-2H3,(H,18,19). The molecule has 4 heteroatoms. The summed E-state index contributed by atoms with van der Waals surface area (Å²) in [6, 6.07) is 0. The lowest BCUT2D eigenvalue weighted by Gasteiger charge is -2.27. The fraction of sp³-hybridized carbons (Fsp3) is 0.933. The van der Waals surface area contributed by atoms with Crippen LogP contribution in [0.3, 0.4) is 0 Å². The van der Waals surface area contributed by atoms with Crippen molar-refractivity contribution in [2.45, 2.75) is 88.3 Å². The van der Waals surface area contributed by atoms with Crippen LogP contribution in [0.2, 0.25) is 0 Å². The molecule has 2 unspecified atom stereocenters. The molecule has 0 radical (unpaired) electrons. The van der Waals surface area contributed by atoms with E-state index in [1.54, 1.807) is 0 Å². The van der Waals surface area contributed by atoms with Crippen molar-refractivity contribution in [3.05, 3.63) is 0 Å². The summed E-state index contributed by atoms with van der Waals surface area (Å²) in [7, 11) is 0. The predicted molar refractivity (Wildman–Crippen MR) is 83.4 cm³/mol. The average Bonchev–Trinajstić information content (AvgIpc) is 2.37. The van der Waals surface area contributed by atoms with Gasteiger partial charge in [0.15, 0.2) is 4.87 Å². The number of hydrogen-bond acceptors (Lipinski definition) is 1. The highest BCUT2D eigenvalue weighted by Crippen LogP contribution is 2.33. The van der Waals surface area contributed by atoms with E-state index in [1.165, 1.54) is 32.1 Å². The molecule has 2 atom stereocenters. The number of rotatable bonds is 12. The second-order valence-electron chi connectivity index (χ2n) is 5.30. The van der Waals surface area contributed by atoms with Crippen molar-refractivity contribution in [2.24, 2.45) is 0 Å². The van der Waals surface area contributed by atoms with Crippen LogP contribution in [-0.2, 0) is 4.79 Å². The maximum atomic E-state index is 11.2. The van der Waals surface area contributed by atoms with Crippen LogP contribution in [-0.4, -0.2) is 21.3 Å². The van der Waals surface area contributed by atoms with E-state index >= 15 is 0 Å². The molecule has 0 saturated carbocycles. The number of unbranched alkanes of at least 4 members (excludes halogenated alkanes) is 6. The molecule has 1 N–H and O–H groups in total. The Kier molecular flexibility index (Phi) is 10.8. The lowest BCUT2D eigenvalue weighted by atomic mass is 9.94. The van der Waals surface area contributed by atoms with Gasteiger partial charge in [0.2, 0.25) is 0 Å². The molecule has 0 aromatic heterocycles. The van der Waals surface area contributed by atoms with E-state index in [9.17, 15) is 9.90 Å². The third kappa shape index (κ3) is 7.41. The molecule has 0 aromatic rings. The van der Waals surface area contributed by atoms with Gasteiger partial charge in [0.1, 0.15) is 0 Å². The van der Waals surface area contributed by atoms with Gasteiger partial charge in [-0.25, -0.2) is 0 Å². The van der Waals surface area contributed by atoms with Crippen LogP contribution >= 0.6 is 23.2 Å². The first-order valence-corrected chi connectivity index (χ1v) is 8.36. The Bertz CT molecular complexity index is 246. The summed E-state index contributed by atoms with van der Waals surface area (Å²) >= 11 is 12.4. The second kappa shape index (κ2) is 10.8. The zero-order valence-corrected chi connectivity index (χ0v) is 13.8. The van der Waals surface area contributed by atoms with Crippen molar-refractivity contribution in [3.63, 3.8) is 0 Å². The summed E-state index contributed by atoms with van der Waals surface area (Å²) in [4.78, 5) is 9.95. The Hall–Kier alpha value is 0.0500. The first kappa shape index (κ1) is 19.1. The molecule has 0 spiro atoms. The molecule has 0 aliphatic heterocycles. The second-order valence-corrected chi connectivity index (χ2v) is 6.50. The molecular formula is C15H28Cl2O2. The Morgan fingerprint density at radius 2 is 1.58 bits per heavy atom. The molecule has 0 amide bonds. The summed E-state index contributed by atoms with van der Waals surface area (Å²) in [5.41, 5.74) is 0. The van der Waals surface area contributed by atoms with Crippen molar-refractivity contribution in [1.82, 2.24) is 0 Å². The van der Waals surface area contributed by atoms with Gasteiger partial charge < -0.3 is 5.11 Å². The highest BCUT2D eigenvalue weighted by atomic mass is 35.5. The van der Waals surface area contributed by atoms with Crippen LogP contribution in [0.15, 0.2) is 0 Å².